The minimum atomic E-state index is -0.659. The van der Waals surface area contributed by atoms with Crippen molar-refractivity contribution in [3.63, 3.8) is 0 Å². The predicted octanol–water partition coefficient (Wildman–Crippen LogP) is 7.50. The maximum Gasteiger partial charge on any atom is 0.303 e. The Morgan fingerprint density at radius 2 is 0.811 bits per heavy atom. The quantitative estimate of drug-likeness (QED) is 0.106. The molecule has 2 atom stereocenters. The SMILES string of the molecule is CCCCCCCCCCCC(=O)O.CCCCCCCCCCCC(=O)O.OCC1CCC(CO)O1. The number of rotatable bonds is 22. The summed E-state index contributed by atoms with van der Waals surface area (Å²) in [5, 5.41) is 34.0. The summed E-state index contributed by atoms with van der Waals surface area (Å²) >= 11 is 0. The van der Waals surface area contributed by atoms with Gasteiger partial charge in [-0.2, -0.15) is 0 Å². The van der Waals surface area contributed by atoms with E-state index in [1.807, 2.05) is 0 Å². The smallest absolute Gasteiger partial charge is 0.303 e. The number of aliphatic hydroxyl groups is 2. The monoisotopic (exact) mass is 532 g/mol. The first-order chi connectivity index (χ1) is 17.9. The van der Waals surface area contributed by atoms with Gasteiger partial charge in [0, 0.05) is 12.8 Å². The lowest BCUT2D eigenvalue weighted by atomic mass is 10.1. The fourth-order valence-corrected chi connectivity index (χ4v) is 4.22. The molecule has 0 saturated carbocycles. The molecule has 0 aromatic rings. The molecule has 7 nitrogen and oxygen atoms in total. The van der Waals surface area contributed by atoms with Crippen molar-refractivity contribution in [3.8, 4) is 0 Å². The lowest BCUT2D eigenvalue weighted by Crippen LogP contribution is -2.16. The molecule has 0 aliphatic carbocycles. The van der Waals surface area contributed by atoms with Crippen LogP contribution in [0.1, 0.15) is 155 Å². The Balaban J connectivity index is 0. The zero-order valence-electron chi connectivity index (χ0n) is 24.1. The Labute approximate surface area is 227 Å². The first-order valence-electron chi connectivity index (χ1n) is 15.2. The van der Waals surface area contributed by atoms with Crippen LogP contribution in [0, 0.1) is 0 Å². The van der Waals surface area contributed by atoms with E-state index >= 15 is 0 Å². The van der Waals surface area contributed by atoms with Crippen molar-refractivity contribution in [2.45, 2.75) is 167 Å². The average Bonchev–Trinajstić information content (AvgIpc) is 3.36. The normalized spacial score (nSPS) is 16.4. The van der Waals surface area contributed by atoms with E-state index in [0.717, 1.165) is 38.5 Å². The third-order valence-corrected chi connectivity index (χ3v) is 6.59. The van der Waals surface area contributed by atoms with Crippen LogP contribution >= 0.6 is 0 Å². The largest absolute Gasteiger partial charge is 0.481 e. The van der Waals surface area contributed by atoms with Crippen LogP contribution < -0.4 is 0 Å². The van der Waals surface area contributed by atoms with E-state index in [-0.39, 0.29) is 25.4 Å². The number of carboxylic acids is 2. The Bertz CT molecular complexity index is 443. The first-order valence-corrected chi connectivity index (χ1v) is 15.2. The third-order valence-electron chi connectivity index (χ3n) is 6.59. The van der Waals surface area contributed by atoms with Crippen LogP contribution in [0.15, 0.2) is 0 Å². The topological polar surface area (TPSA) is 124 Å². The van der Waals surface area contributed by atoms with Gasteiger partial charge in [0.25, 0.3) is 0 Å². The number of unbranched alkanes of at least 4 members (excludes halogenated alkanes) is 16. The van der Waals surface area contributed by atoms with E-state index in [1.165, 1.54) is 89.9 Å². The standard InChI is InChI=1S/2C12H24O2.C6H12O3/c2*1-2-3-4-5-6-7-8-9-10-11-12(13)14;7-3-5-1-2-6(4-8)9-5/h2*2-11H2,1H3,(H,13,14);5-8H,1-4H2. The maximum absolute atomic E-state index is 10.2. The molecule has 7 heteroatoms. The molecular formula is C30H60O7. The highest BCUT2D eigenvalue weighted by atomic mass is 16.5. The van der Waals surface area contributed by atoms with Gasteiger partial charge in [-0.05, 0) is 25.7 Å². The molecule has 222 valence electrons. The first kappa shape index (κ1) is 38.0. The van der Waals surface area contributed by atoms with Crippen LogP contribution in [0.2, 0.25) is 0 Å². The van der Waals surface area contributed by atoms with Gasteiger partial charge < -0.3 is 25.2 Å². The minimum Gasteiger partial charge on any atom is -0.481 e. The summed E-state index contributed by atoms with van der Waals surface area (Å²) in [7, 11) is 0. The van der Waals surface area contributed by atoms with Crippen molar-refractivity contribution in [3.05, 3.63) is 0 Å². The highest BCUT2D eigenvalue weighted by Crippen LogP contribution is 2.18. The number of hydrogen-bond acceptors (Lipinski definition) is 5. The highest BCUT2D eigenvalue weighted by molar-refractivity contribution is 5.66. The fourth-order valence-electron chi connectivity index (χ4n) is 4.22. The molecule has 1 rings (SSSR count). The summed E-state index contributed by atoms with van der Waals surface area (Å²) in [6.45, 7) is 4.62. The Kier molecular flexibility index (Phi) is 31.9. The molecule has 4 N–H and O–H groups in total. The molecule has 1 aliphatic heterocycles. The molecule has 0 aromatic heterocycles. The minimum absolute atomic E-state index is 0.0258. The molecule has 0 amide bonds. The van der Waals surface area contributed by atoms with Crippen molar-refractivity contribution in [2.75, 3.05) is 13.2 Å². The van der Waals surface area contributed by atoms with Gasteiger partial charge in [0.15, 0.2) is 0 Å². The Morgan fingerprint density at radius 3 is 1.03 bits per heavy atom. The van der Waals surface area contributed by atoms with Crippen LogP contribution in [0.4, 0.5) is 0 Å². The molecule has 0 radical (unpaired) electrons. The molecule has 0 spiro atoms. The molecule has 0 bridgehead atoms. The number of carbonyl (C=O) groups is 2. The van der Waals surface area contributed by atoms with E-state index < -0.39 is 11.9 Å². The number of ether oxygens (including phenoxy) is 1. The number of hydrogen-bond donors (Lipinski definition) is 4. The lowest BCUT2D eigenvalue weighted by molar-refractivity contribution is -0.138. The van der Waals surface area contributed by atoms with Crippen molar-refractivity contribution >= 4 is 11.9 Å². The maximum atomic E-state index is 10.2. The van der Waals surface area contributed by atoms with E-state index in [0.29, 0.717) is 12.8 Å². The molecule has 2 unspecified atom stereocenters. The zero-order valence-corrected chi connectivity index (χ0v) is 24.1. The number of carboxylic acid groups (broad SMARTS) is 2. The van der Waals surface area contributed by atoms with E-state index in [2.05, 4.69) is 13.8 Å². The van der Waals surface area contributed by atoms with Crippen molar-refractivity contribution in [2.24, 2.45) is 0 Å². The van der Waals surface area contributed by atoms with Crippen molar-refractivity contribution < 1.29 is 34.8 Å². The van der Waals surface area contributed by atoms with E-state index in [9.17, 15) is 9.59 Å². The molecule has 1 saturated heterocycles. The highest BCUT2D eigenvalue weighted by Gasteiger charge is 2.23. The van der Waals surface area contributed by atoms with E-state index in [4.69, 9.17) is 25.2 Å². The van der Waals surface area contributed by atoms with Crippen LogP contribution in [-0.4, -0.2) is 57.8 Å². The molecule has 37 heavy (non-hydrogen) atoms. The number of aliphatic hydroxyl groups excluding tert-OH is 2. The van der Waals surface area contributed by atoms with Gasteiger partial charge in [0.05, 0.1) is 25.4 Å². The van der Waals surface area contributed by atoms with Gasteiger partial charge in [-0.1, -0.05) is 117 Å². The van der Waals surface area contributed by atoms with Crippen LogP contribution in [0.5, 0.6) is 0 Å². The lowest BCUT2D eigenvalue weighted by Gasteiger charge is -2.07. The summed E-state index contributed by atoms with van der Waals surface area (Å²) in [4.78, 5) is 20.4. The molecule has 1 fully saturated rings. The second-order valence-electron chi connectivity index (χ2n) is 10.3. The van der Waals surface area contributed by atoms with Gasteiger partial charge >= 0.3 is 11.9 Å². The van der Waals surface area contributed by atoms with Gasteiger partial charge in [0.2, 0.25) is 0 Å². The zero-order chi connectivity index (χ0) is 28.0. The number of aliphatic carboxylic acids is 2. The summed E-state index contributed by atoms with van der Waals surface area (Å²) in [6.07, 6.45) is 24.7. The van der Waals surface area contributed by atoms with Crippen LogP contribution in [-0.2, 0) is 14.3 Å². The van der Waals surface area contributed by atoms with E-state index in [1.54, 1.807) is 0 Å². The summed E-state index contributed by atoms with van der Waals surface area (Å²) in [5.74, 6) is -1.32. The van der Waals surface area contributed by atoms with Crippen molar-refractivity contribution in [1.82, 2.24) is 0 Å². The van der Waals surface area contributed by atoms with Gasteiger partial charge in [-0.15, -0.1) is 0 Å². The summed E-state index contributed by atoms with van der Waals surface area (Å²) in [6, 6.07) is 0. The molecular weight excluding hydrogens is 472 g/mol. The summed E-state index contributed by atoms with van der Waals surface area (Å²) in [5.41, 5.74) is 0. The Morgan fingerprint density at radius 1 is 0.541 bits per heavy atom. The molecule has 1 aliphatic rings. The second kappa shape index (κ2) is 31.0. The Hall–Kier alpha value is -1.18. The average molecular weight is 533 g/mol. The van der Waals surface area contributed by atoms with Gasteiger partial charge in [-0.3, -0.25) is 9.59 Å². The summed E-state index contributed by atoms with van der Waals surface area (Å²) < 4.78 is 5.16. The molecule has 0 aromatic carbocycles. The van der Waals surface area contributed by atoms with Crippen molar-refractivity contribution in [1.29, 1.82) is 0 Å². The van der Waals surface area contributed by atoms with Gasteiger partial charge in [-0.25, -0.2) is 0 Å². The second-order valence-corrected chi connectivity index (χ2v) is 10.3. The van der Waals surface area contributed by atoms with Gasteiger partial charge in [0.1, 0.15) is 0 Å². The third kappa shape index (κ3) is 32.8. The van der Waals surface area contributed by atoms with Crippen LogP contribution in [0.3, 0.4) is 0 Å². The van der Waals surface area contributed by atoms with Crippen LogP contribution in [0.25, 0.3) is 0 Å². The predicted molar refractivity (Wildman–Crippen MR) is 151 cm³/mol. The fraction of sp³-hybridized carbons (Fsp3) is 0.933. The molecule has 1 heterocycles.